The van der Waals surface area contributed by atoms with E-state index in [1.807, 2.05) is 36.4 Å². The molecular formula is C28H30F3N5O3. The topological polar surface area (TPSA) is 87.1 Å². The van der Waals surface area contributed by atoms with E-state index in [0.29, 0.717) is 54.3 Å². The molecule has 0 unspecified atom stereocenters. The van der Waals surface area contributed by atoms with Crippen molar-refractivity contribution in [2.24, 2.45) is 0 Å². The van der Waals surface area contributed by atoms with Gasteiger partial charge in [0.15, 0.2) is 0 Å². The number of anilines is 1. The van der Waals surface area contributed by atoms with Gasteiger partial charge in [-0.05, 0) is 73.8 Å². The lowest BCUT2D eigenvalue weighted by Gasteiger charge is -2.34. The molecule has 2 aromatic heterocycles. The quantitative estimate of drug-likeness (QED) is 0.308. The third-order valence-corrected chi connectivity index (χ3v) is 7.11. The van der Waals surface area contributed by atoms with Gasteiger partial charge in [0.25, 0.3) is 0 Å². The number of halogens is 3. The first-order valence-electron chi connectivity index (χ1n) is 12.6. The van der Waals surface area contributed by atoms with Crippen LogP contribution in [0.3, 0.4) is 0 Å². The molecule has 1 fully saturated rings. The summed E-state index contributed by atoms with van der Waals surface area (Å²) >= 11 is 0. The number of nitrogens with two attached hydrogens (primary N) is 1. The predicted octanol–water partition coefficient (Wildman–Crippen LogP) is 5.19. The van der Waals surface area contributed by atoms with Crippen LogP contribution in [-0.2, 0) is 0 Å². The Kier molecular flexibility index (Phi) is 7.51. The Labute approximate surface area is 224 Å². The summed E-state index contributed by atoms with van der Waals surface area (Å²) in [6, 6.07) is 16.3. The van der Waals surface area contributed by atoms with Crippen LogP contribution in [0.25, 0.3) is 16.8 Å². The van der Waals surface area contributed by atoms with Crippen LogP contribution < -0.4 is 19.9 Å². The zero-order chi connectivity index (χ0) is 27.6. The summed E-state index contributed by atoms with van der Waals surface area (Å²) in [5.41, 5.74) is 9.56. The average Bonchev–Trinajstić information content (AvgIpc) is 3.36. The van der Waals surface area contributed by atoms with Crippen molar-refractivity contribution in [1.29, 1.82) is 0 Å². The molecule has 0 bridgehead atoms. The lowest BCUT2D eigenvalue weighted by Crippen LogP contribution is -2.47. The van der Waals surface area contributed by atoms with Gasteiger partial charge in [-0.3, -0.25) is 4.90 Å². The number of para-hydroxylation sites is 1. The number of nitrogens with zero attached hydrogens (tertiary/aromatic N) is 4. The van der Waals surface area contributed by atoms with Crippen LogP contribution in [0.4, 0.5) is 18.9 Å². The van der Waals surface area contributed by atoms with Crippen molar-refractivity contribution in [3.63, 3.8) is 0 Å². The van der Waals surface area contributed by atoms with Crippen LogP contribution in [0.5, 0.6) is 17.5 Å². The molecule has 0 radical (unpaired) electrons. The van der Waals surface area contributed by atoms with Crippen LogP contribution in [-0.4, -0.2) is 65.6 Å². The first-order valence-corrected chi connectivity index (χ1v) is 12.6. The predicted molar refractivity (Wildman–Crippen MR) is 141 cm³/mol. The monoisotopic (exact) mass is 541 g/mol. The van der Waals surface area contributed by atoms with Crippen molar-refractivity contribution in [2.75, 3.05) is 39.6 Å². The molecule has 1 aliphatic heterocycles. The molecular weight excluding hydrogens is 511 g/mol. The molecule has 0 amide bonds. The highest BCUT2D eigenvalue weighted by Gasteiger charge is 2.44. The summed E-state index contributed by atoms with van der Waals surface area (Å²) in [5.74, 6) is 1.44. The number of rotatable bonds is 8. The van der Waals surface area contributed by atoms with E-state index >= 15 is 0 Å². The van der Waals surface area contributed by atoms with Gasteiger partial charge in [-0.2, -0.15) is 13.2 Å². The van der Waals surface area contributed by atoms with Gasteiger partial charge in [0.1, 0.15) is 11.5 Å². The summed E-state index contributed by atoms with van der Waals surface area (Å²) in [6.45, 7) is 0.694. The van der Waals surface area contributed by atoms with Gasteiger partial charge >= 0.3 is 12.2 Å². The Balaban J connectivity index is 1.30. The van der Waals surface area contributed by atoms with Gasteiger partial charge in [0, 0.05) is 12.1 Å². The third-order valence-electron chi connectivity index (χ3n) is 7.11. The molecule has 0 aliphatic carbocycles. The summed E-state index contributed by atoms with van der Waals surface area (Å²) in [6.07, 6.45) is -3.80. The fourth-order valence-electron chi connectivity index (χ4n) is 5.00. The molecule has 1 atom stereocenters. The maximum Gasteiger partial charge on any atom is 0.426 e. The van der Waals surface area contributed by atoms with Crippen molar-refractivity contribution in [1.82, 2.24) is 19.5 Å². The van der Waals surface area contributed by atoms with Crippen molar-refractivity contribution < 1.29 is 27.4 Å². The molecule has 5 rings (SSSR count). The molecule has 0 saturated carbocycles. The number of piperidine rings is 1. The van der Waals surface area contributed by atoms with Gasteiger partial charge in [-0.15, -0.1) is 5.10 Å². The number of fused-ring (bicyclic) bond motifs is 1. The zero-order valence-electron chi connectivity index (χ0n) is 21.7. The molecule has 2 N–H and O–H groups in total. The smallest absolute Gasteiger partial charge is 0.426 e. The Morgan fingerprint density at radius 1 is 1.00 bits per heavy atom. The largest absolute Gasteiger partial charge is 0.496 e. The molecule has 4 aromatic rings. The zero-order valence-corrected chi connectivity index (χ0v) is 21.7. The molecule has 1 saturated heterocycles. The number of nitrogen functional groups attached to an aromatic ring is 1. The highest BCUT2D eigenvalue weighted by Crippen LogP contribution is 2.34. The fourth-order valence-corrected chi connectivity index (χ4v) is 5.00. The van der Waals surface area contributed by atoms with Crippen LogP contribution in [0.15, 0.2) is 60.8 Å². The number of benzene rings is 2. The Hall–Kier alpha value is -3.99. The third kappa shape index (κ3) is 5.73. The lowest BCUT2D eigenvalue weighted by molar-refractivity contribution is -0.201. The van der Waals surface area contributed by atoms with Crippen LogP contribution in [0.1, 0.15) is 24.3 Å². The van der Waals surface area contributed by atoms with Gasteiger partial charge in [0.05, 0.1) is 37.3 Å². The van der Waals surface area contributed by atoms with Gasteiger partial charge < -0.3 is 19.9 Å². The second kappa shape index (κ2) is 11.0. The normalized spacial score (nSPS) is 15.8. The van der Waals surface area contributed by atoms with E-state index in [1.54, 1.807) is 37.3 Å². The van der Waals surface area contributed by atoms with Crippen molar-refractivity contribution in [3.8, 4) is 28.8 Å². The number of likely N-dealkylation sites (tertiary alicyclic amines) is 1. The summed E-state index contributed by atoms with van der Waals surface area (Å²) in [4.78, 5) is 5.83. The molecule has 206 valence electrons. The second-order valence-corrected chi connectivity index (χ2v) is 9.52. The second-order valence-electron chi connectivity index (χ2n) is 9.52. The van der Waals surface area contributed by atoms with E-state index in [1.165, 1.54) is 10.7 Å². The summed E-state index contributed by atoms with van der Waals surface area (Å²) in [7, 11) is 3.12. The number of hydrogen-bond donors (Lipinski definition) is 1. The molecule has 1 aliphatic rings. The van der Waals surface area contributed by atoms with Gasteiger partial charge in [-0.1, -0.05) is 18.2 Å². The Morgan fingerprint density at radius 3 is 2.46 bits per heavy atom. The minimum atomic E-state index is -4.60. The van der Waals surface area contributed by atoms with Gasteiger partial charge in [0.2, 0.25) is 6.10 Å². The van der Waals surface area contributed by atoms with E-state index in [2.05, 4.69) is 10.1 Å². The van der Waals surface area contributed by atoms with E-state index in [9.17, 15) is 13.2 Å². The summed E-state index contributed by atoms with van der Waals surface area (Å²) < 4.78 is 59.9. The number of aromatic nitrogens is 3. The first kappa shape index (κ1) is 26.6. The molecule has 39 heavy (non-hydrogen) atoms. The number of alkyl halides is 3. The fraction of sp³-hybridized carbons (Fsp3) is 0.357. The standard InChI is InChI=1S/C28H30F3N5O3/c1-37-24-6-4-3-5-21(24)23-10-8-20-16-33-27(34-36(20)23)39-26(28(29,30)31)17-35-13-11-18(12-14-35)19-7-9-22(32)25(15-19)38-2/h3-10,15-16,18,26H,11-14,17,32H2,1-2H3/t26-/m0/s1. The molecule has 3 heterocycles. The van der Waals surface area contributed by atoms with E-state index in [0.717, 1.165) is 11.1 Å². The number of ether oxygens (including phenoxy) is 3. The molecule has 11 heteroatoms. The van der Waals surface area contributed by atoms with Crippen LogP contribution in [0.2, 0.25) is 0 Å². The maximum absolute atomic E-state index is 14.1. The van der Waals surface area contributed by atoms with Crippen molar-refractivity contribution in [2.45, 2.75) is 31.0 Å². The van der Waals surface area contributed by atoms with Crippen LogP contribution in [0, 0.1) is 0 Å². The summed E-state index contributed by atoms with van der Waals surface area (Å²) in [5, 5.41) is 4.30. The Morgan fingerprint density at radius 2 is 1.74 bits per heavy atom. The minimum Gasteiger partial charge on any atom is -0.496 e. The van der Waals surface area contributed by atoms with Gasteiger partial charge in [-0.25, -0.2) is 9.50 Å². The van der Waals surface area contributed by atoms with Crippen LogP contribution >= 0.6 is 0 Å². The number of methoxy groups -OCH3 is 2. The maximum atomic E-state index is 14.1. The SMILES string of the molecule is COc1cc(C2CCN(C[C@H](Oc3ncc4ccc(-c5ccccc5OC)n4n3)C(F)(F)F)CC2)ccc1N. The average molecular weight is 542 g/mol. The van der Waals surface area contributed by atoms with Crippen molar-refractivity contribution >= 4 is 11.2 Å². The molecule has 0 spiro atoms. The Bertz CT molecular complexity index is 1430. The molecule has 2 aromatic carbocycles. The highest BCUT2D eigenvalue weighted by atomic mass is 19.4. The van der Waals surface area contributed by atoms with Crippen molar-refractivity contribution in [3.05, 3.63) is 66.4 Å². The first-order chi connectivity index (χ1) is 18.8. The lowest BCUT2D eigenvalue weighted by atomic mass is 9.89. The highest BCUT2D eigenvalue weighted by molar-refractivity contribution is 5.71. The number of hydrogen-bond acceptors (Lipinski definition) is 7. The molecule has 8 nitrogen and oxygen atoms in total. The minimum absolute atomic E-state index is 0.217. The van der Waals surface area contributed by atoms with E-state index in [4.69, 9.17) is 19.9 Å². The van der Waals surface area contributed by atoms with E-state index in [-0.39, 0.29) is 18.5 Å². The van der Waals surface area contributed by atoms with E-state index < -0.39 is 12.3 Å².